The Bertz CT molecular complexity index is 568. The molecule has 1 aromatic carbocycles. The molecule has 1 aliphatic rings. The minimum Gasteiger partial charge on any atom is -0.444 e. The lowest BCUT2D eigenvalue weighted by molar-refractivity contribution is -0.00437. The number of aliphatic hydroxyl groups is 1. The van der Waals surface area contributed by atoms with E-state index in [-0.39, 0.29) is 12.1 Å². The van der Waals surface area contributed by atoms with Crippen molar-refractivity contribution in [2.75, 3.05) is 19.6 Å². The van der Waals surface area contributed by atoms with Crippen LogP contribution in [0.25, 0.3) is 0 Å². The molecule has 5 heteroatoms. The molecular formula is C21H34N2O3. The molecule has 1 saturated heterocycles. The van der Waals surface area contributed by atoms with Crippen molar-refractivity contribution >= 4 is 6.09 Å². The van der Waals surface area contributed by atoms with Gasteiger partial charge >= 0.3 is 6.09 Å². The molecule has 1 unspecified atom stereocenters. The van der Waals surface area contributed by atoms with Gasteiger partial charge in [0.2, 0.25) is 0 Å². The maximum atomic E-state index is 12.7. The zero-order chi connectivity index (χ0) is 19.3. The van der Waals surface area contributed by atoms with Crippen LogP contribution in [0.4, 0.5) is 4.79 Å². The molecule has 0 aliphatic carbocycles. The molecule has 1 N–H and O–H groups in total. The van der Waals surface area contributed by atoms with Crippen LogP contribution < -0.4 is 0 Å². The summed E-state index contributed by atoms with van der Waals surface area (Å²) in [4.78, 5) is 16.7. The number of aliphatic hydroxyl groups excluding tert-OH is 1. The molecular weight excluding hydrogens is 328 g/mol. The molecule has 0 aromatic heterocycles. The van der Waals surface area contributed by atoms with Crippen molar-refractivity contribution in [2.24, 2.45) is 5.92 Å². The van der Waals surface area contributed by atoms with Gasteiger partial charge in [0, 0.05) is 26.2 Å². The van der Waals surface area contributed by atoms with Crippen molar-refractivity contribution < 1.29 is 14.6 Å². The number of ether oxygens (including phenoxy) is 1. The topological polar surface area (TPSA) is 53.0 Å². The molecule has 26 heavy (non-hydrogen) atoms. The highest BCUT2D eigenvalue weighted by atomic mass is 16.6. The molecule has 1 aliphatic heterocycles. The largest absolute Gasteiger partial charge is 0.444 e. The van der Waals surface area contributed by atoms with Gasteiger partial charge in [0.25, 0.3) is 0 Å². The van der Waals surface area contributed by atoms with E-state index in [0.29, 0.717) is 19.0 Å². The maximum Gasteiger partial charge on any atom is 0.410 e. The molecule has 0 saturated carbocycles. The van der Waals surface area contributed by atoms with E-state index in [4.69, 9.17) is 4.74 Å². The molecule has 2 atom stereocenters. The fourth-order valence-electron chi connectivity index (χ4n) is 3.40. The van der Waals surface area contributed by atoms with Crippen LogP contribution in [0.3, 0.4) is 0 Å². The number of β-amino-alcohol motifs (C(OH)–C–C–N with tert-alkyl or cyclic N) is 1. The highest BCUT2D eigenvalue weighted by Crippen LogP contribution is 2.22. The van der Waals surface area contributed by atoms with E-state index >= 15 is 0 Å². The average Bonchev–Trinajstić information content (AvgIpc) is 2.66. The Balaban J connectivity index is 2.14. The van der Waals surface area contributed by atoms with E-state index in [1.807, 2.05) is 39.0 Å². The lowest BCUT2D eigenvalue weighted by Crippen LogP contribution is -2.49. The summed E-state index contributed by atoms with van der Waals surface area (Å²) >= 11 is 0. The van der Waals surface area contributed by atoms with E-state index in [9.17, 15) is 9.90 Å². The first kappa shape index (κ1) is 20.7. The van der Waals surface area contributed by atoms with Gasteiger partial charge in [0.05, 0.1) is 12.1 Å². The molecule has 0 bridgehead atoms. The normalized spacial score (nSPS) is 22.3. The van der Waals surface area contributed by atoms with Crippen LogP contribution in [0.1, 0.15) is 46.6 Å². The predicted octanol–water partition coefficient (Wildman–Crippen LogP) is 3.51. The maximum absolute atomic E-state index is 12.7. The standard InChI is InChI=1S/C21H34N2O3/c1-16(2)13-18-19(24)15-22(14-17-9-7-6-8-10-17)11-12-23(18)20(25)26-21(3,4)5/h6-10,16,18-19,24H,11-15H2,1-5H3/t18-,19?/m0/s1. The van der Waals surface area contributed by atoms with Crippen LogP contribution in [0.5, 0.6) is 0 Å². The number of rotatable bonds is 4. The highest BCUT2D eigenvalue weighted by molar-refractivity contribution is 5.68. The molecule has 0 radical (unpaired) electrons. The van der Waals surface area contributed by atoms with Crippen LogP contribution in [-0.2, 0) is 11.3 Å². The average molecular weight is 363 g/mol. The monoisotopic (exact) mass is 362 g/mol. The minimum absolute atomic E-state index is 0.217. The summed E-state index contributed by atoms with van der Waals surface area (Å²) in [7, 11) is 0. The summed E-state index contributed by atoms with van der Waals surface area (Å²) in [6.07, 6.45) is -0.153. The first-order valence-corrected chi connectivity index (χ1v) is 9.59. The van der Waals surface area contributed by atoms with Gasteiger partial charge in [-0.15, -0.1) is 0 Å². The Morgan fingerprint density at radius 2 is 1.88 bits per heavy atom. The molecule has 2 rings (SSSR count). The fourth-order valence-corrected chi connectivity index (χ4v) is 3.40. The lowest BCUT2D eigenvalue weighted by atomic mass is 9.98. The van der Waals surface area contributed by atoms with Crippen LogP contribution in [0, 0.1) is 5.92 Å². The summed E-state index contributed by atoms with van der Waals surface area (Å²) in [5.74, 6) is 0.389. The number of amides is 1. The summed E-state index contributed by atoms with van der Waals surface area (Å²) in [5.41, 5.74) is 0.673. The third kappa shape index (κ3) is 6.29. The van der Waals surface area contributed by atoms with Gasteiger partial charge in [-0.1, -0.05) is 44.2 Å². The second kappa shape index (κ2) is 8.87. The molecule has 1 aromatic rings. The Kier molecular flexibility index (Phi) is 7.07. The van der Waals surface area contributed by atoms with Gasteiger partial charge in [-0.05, 0) is 38.7 Å². The van der Waals surface area contributed by atoms with E-state index in [0.717, 1.165) is 19.5 Å². The molecule has 5 nitrogen and oxygen atoms in total. The molecule has 1 amide bonds. The summed E-state index contributed by atoms with van der Waals surface area (Å²) < 4.78 is 5.60. The predicted molar refractivity (Wildman–Crippen MR) is 104 cm³/mol. The van der Waals surface area contributed by atoms with Gasteiger partial charge in [-0.2, -0.15) is 0 Å². The summed E-state index contributed by atoms with van der Waals surface area (Å²) in [5, 5.41) is 10.9. The first-order valence-electron chi connectivity index (χ1n) is 9.59. The van der Waals surface area contributed by atoms with Crippen molar-refractivity contribution in [1.29, 1.82) is 0 Å². The van der Waals surface area contributed by atoms with Gasteiger partial charge in [0.1, 0.15) is 5.60 Å². The number of nitrogens with zero attached hydrogens (tertiary/aromatic N) is 2. The van der Waals surface area contributed by atoms with Crippen molar-refractivity contribution in [2.45, 2.75) is 65.3 Å². The first-order chi connectivity index (χ1) is 12.2. The van der Waals surface area contributed by atoms with Gasteiger partial charge in [-0.3, -0.25) is 4.90 Å². The summed E-state index contributed by atoms with van der Waals surface area (Å²) in [6.45, 7) is 12.5. The van der Waals surface area contributed by atoms with Gasteiger partial charge in [0.15, 0.2) is 0 Å². The van der Waals surface area contributed by atoms with Crippen LogP contribution in [0.15, 0.2) is 30.3 Å². The number of carbonyl (C=O) groups excluding carboxylic acids is 1. The number of hydrogen-bond acceptors (Lipinski definition) is 4. The zero-order valence-corrected chi connectivity index (χ0v) is 16.8. The molecule has 1 fully saturated rings. The van der Waals surface area contributed by atoms with E-state index in [1.54, 1.807) is 4.90 Å². The molecule has 146 valence electrons. The Labute approximate surface area is 157 Å². The van der Waals surface area contributed by atoms with Crippen molar-refractivity contribution in [3.05, 3.63) is 35.9 Å². The minimum atomic E-state index is -0.587. The quantitative estimate of drug-likeness (QED) is 0.890. The summed E-state index contributed by atoms with van der Waals surface area (Å²) in [6, 6.07) is 10.0. The second-order valence-corrected chi connectivity index (χ2v) is 8.66. The van der Waals surface area contributed by atoms with E-state index in [1.165, 1.54) is 5.56 Å². The van der Waals surface area contributed by atoms with Crippen LogP contribution in [0.2, 0.25) is 0 Å². The lowest BCUT2D eigenvalue weighted by Gasteiger charge is -2.34. The van der Waals surface area contributed by atoms with Crippen molar-refractivity contribution in [1.82, 2.24) is 9.80 Å². The Morgan fingerprint density at radius 1 is 1.23 bits per heavy atom. The zero-order valence-electron chi connectivity index (χ0n) is 16.8. The van der Waals surface area contributed by atoms with E-state index in [2.05, 4.69) is 30.9 Å². The van der Waals surface area contributed by atoms with Gasteiger partial charge < -0.3 is 14.7 Å². The number of benzene rings is 1. The van der Waals surface area contributed by atoms with Gasteiger partial charge in [-0.25, -0.2) is 4.79 Å². The van der Waals surface area contributed by atoms with Crippen LogP contribution in [-0.4, -0.2) is 58.4 Å². The highest BCUT2D eigenvalue weighted by Gasteiger charge is 2.36. The van der Waals surface area contributed by atoms with Crippen LogP contribution >= 0.6 is 0 Å². The smallest absolute Gasteiger partial charge is 0.410 e. The second-order valence-electron chi connectivity index (χ2n) is 8.66. The Morgan fingerprint density at radius 3 is 2.46 bits per heavy atom. The third-order valence-electron chi connectivity index (χ3n) is 4.54. The van der Waals surface area contributed by atoms with Crippen molar-refractivity contribution in [3.63, 3.8) is 0 Å². The van der Waals surface area contributed by atoms with E-state index < -0.39 is 11.7 Å². The molecule has 0 spiro atoms. The number of carbonyl (C=O) groups is 1. The fraction of sp³-hybridized carbons (Fsp3) is 0.667. The Hall–Kier alpha value is -1.59. The SMILES string of the molecule is CC(C)C[C@H]1C(O)CN(Cc2ccccc2)CCN1C(=O)OC(C)(C)C. The number of hydrogen-bond donors (Lipinski definition) is 1. The molecule has 1 heterocycles. The third-order valence-corrected chi connectivity index (χ3v) is 4.54. The van der Waals surface area contributed by atoms with Crippen molar-refractivity contribution in [3.8, 4) is 0 Å².